The smallest absolute Gasteiger partial charge is 0.223 e. The monoisotopic (exact) mass is 263 g/mol. The van der Waals surface area contributed by atoms with Gasteiger partial charge in [0, 0.05) is 30.7 Å². The zero-order valence-electron chi connectivity index (χ0n) is 10.00. The molecule has 0 aromatic carbocycles. The van der Waals surface area contributed by atoms with E-state index in [-0.39, 0.29) is 11.8 Å². The molecule has 0 radical (unpaired) electrons. The van der Waals surface area contributed by atoms with Crippen LogP contribution in [0.1, 0.15) is 28.9 Å². The molecule has 3 rings (SSSR count). The minimum absolute atomic E-state index is 0.0647. The van der Waals surface area contributed by atoms with Crippen molar-refractivity contribution >= 4 is 17.2 Å². The molecule has 0 spiro atoms. The number of aromatic nitrogens is 2. The number of carbonyl (C=O) groups excluding carboxylic acids is 1. The maximum absolute atomic E-state index is 11.9. The lowest BCUT2D eigenvalue weighted by Gasteiger charge is -2.14. The number of hydrogen-bond donors (Lipinski definition) is 0. The van der Waals surface area contributed by atoms with Gasteiger partial charge in [0.05, 0.1) is 6.54 Å². The first-order valence-electron chi connectivity index (χ1n) is 5.83. The lowest BCUT2D eigenvalue weighted by molar-refractivity contribution is -0.128. The van der Waals surface area contributed by atoms with E-state index >= 15 is 0 Å². The molecule has 94 valence electrons. The molecule has 1 aliphatic rings. The van der Waals surface area contributed by atoms with E-state index in [0.29, 0.717) is 31.2 Å². The Labute approximate surface area is 108 Å². The van der Waals surface area contributed by atoms with Crippen molar-refractivity contribution in [1.29, 1.82) is 0 Å². The number of thiophene rings is 1. The highest BCUT2D eigenvalue weighted by molar-refractivity contribution is 7.09. The molecule has 0 aliphatic carbocycles. The number of aryl methyl sites for hydroxylation is 1. The Bertz CT molecular complexity index is 549. The zero-order chi connectivity index (χ0) is 12.5. The largest absolute Gasteiger partial charge is 0.340 e. The lowest BCUT2D eigenvalue weighted by atomic mass is 10.1. The van der Waals surface area contributed by atoms with Crippen LogP contribution in [0.4, 0.5) is 0 Å². The summed E-state index contributed by atoms with van der Waals surface area (Å²) in [7, 11) is 0. The molecule has 1 aliphatic heterocycles. The summed E-state index contributed by atoms with van der Waals surface area (Å²) in [5, 5.41) is 5.93. The van der Waals surface area contributed by atoms with Gasteiger partial charge in [0.25, 0.3) is 0 Å². The van der Waals surface area contributed by atoms with Gasteiger partial charge in [-0.3, -0.25) is 4.79 Å². The molecule has 1 unspecified atom stereocenters. The number of nitrogens with zero attached hydrogens (tertiary/aromatic N) is 3. The van der Waals surface area contributed by atoms with Crippen LogP contribution < -0.4 is 0 Å². The Kier molecular flexibility index (Phi) is 2.87. The van der Waals surface area contributed by atoms with Crippen LogP contribution in [-0.4, -0.2) is 27.5 Å². The minimum Gasteiger partial charge on any atom is -0.340 e. The van der Waals surface area contributed by atoms with Crippen molar-refractivity contribution in [2.24, 2.45) is 0 Å². The molecule has 1 amide bonds. The molecule has 1 atom stereocenters. The molecule has 6 heteroatoms. The summed E-state index contributed by atoms with van der Waals surface area (Å²) in [4.78, 5) is 19.2. The summed E-state index contributed by atoms with van der Waals surface area (Å²) in [6, 6.07) is 4.05. The predicted octanol–water partition coefficient (Wildman–Crippen LogP) is 1.96. The fraction of sp³-hybridized carbons (Fsp3) is 0.417. The van der Waals surface area contributed by atoms with Crippen LogP contribution in [0.2, 0.25) is 0 Å². The molecule has 0 bridgehead atoms. The van der Waals surface area contributed by atoms with Crippen LogP contribution in [0, 0.1) is 6.92 Å². The van der Waals surface area contributed by atoms with Gasteiger partial charge in [-0.1, -0.05) is 11.2 Å². The number of likely N-dealkylation sites (tertiary alicyclic amines) is 1. The van der Waals surface area contributed by atoms with E-state index in [4.69, 9.17) is 4.52 Å². The van der Waals surface area contributed by atoms with E-state index in [9.17, 15) is 4.79 Å². The number of hydrogen-bond acceptors (Lipinski definition) is 5. The number of rotatable bonds is 3. The third-order valence-corrected chi connectivity index (χ3v) is 3.91. The second-order valence-electron chi connectivity index (χ2n) is 4.43. The third-order valence-electron chi connectivity index (χ3n) is 3.05. The molecular formula is C12H13N3O2S. The van der Waals surface area contributed by atoms with E-state index in [0.717, 1.165) is 0 Å². The molecule has 3 heterocycles. The van der Waals surface area contributed by atoms with Crippen molar-refractivity contribution in [1.82, 2.24) is 15.0 Å². The van der Waals surface area contributed by atoms with Gasteiger partial charge in [-0.2, -0.15) is 4.98 Å². The van der Waals surface area contributed by atoms with Gasteiger partial charge in [0.1, 0.15) is 0 Å². The quantitative estimate of drug-likeness (QED) is 0.849. The van der Waals surface area contributed by atoms with Crippen molar-refractivity contribution < 1.29 is 9.32 Å². The average molecular weight is 263 g/mol. The van der Waals surface area contributed by atoms with Gasteiger partial charge in [-0.15, -0.1) is 11.3 Å². The maximum Gasteiger partial charge on any atom is 0.223 e. The first-order chi connectivity index (χ1) is 8.72. The Morgan fingerprint density at radius 3 is 3.17 bits per heavy atom. The van der Waals surface area contributed by atoms with Crippen LogP contribution in [-0.2, 0) is 11.3 Å². The molecule has 2 aromatic rings. The van der Waals surface area contributed by atoms with Gasteiger partial charge >= 0.3 is 0 Å². The normalized spacial score (nSPS) is 19.7. The van der Waals surface area contributed by atoms with Crippen LogP contribution in [0.5, 0.6) is 0 Å². The van der Waals surface area contributed by atoms with E-state index in [2.05, 4.69) is 10.1 Å². The molecule has 18 heavy (non-hydrogen) atoms. The van der Waals surface area contributed by atoms with Crippen molar-refractivity contribution in [3.05, 3.63) is 34.1 Å². The van der Waals surface area contributed by atoms with E-state index in [1.807, 2.05) is 22.4 Å². The second kappa shape index (κ2) is 4.53. The first kappa shape index (κ1) is 11.4. The summed E-state index contributed by atoms with van der Waals surface area (Å²) in [6.45, 7) is 3.12. The van der Waals surface area contributed by atoms with Gasteiger partial charge in [-0.25, -0.2) is 0 Å². The van der Waals surface area contributed by atoms with Gasteiger partial charge in [-0.05, 0) is 11.4 Å². The highest BCUT2D eigenvalue weighted by Gasteiger charge is 2.33. The molecule has 0 N–H and O–H groups in total. The van der Waals surface area contributed by atoms with E-state index < -0.39 is 0 Å². The van der Waals surface area contributed by atoms with Crippen LogP contribution in [0.3, 0.4) is 0 Å². The Morgan fingerprint density at radius 1 is 1.61 bits per heavy atom. The van der Waals surface area contributed by atoms with Crippen molar-refractivity contribution in [3.8, 4) is 0 Å². The summed E-state index contributed by atoms with van der Waals surface area (Å²) in [5.74, 6) is 1.43. The highest BCUT2D eigenvalue weighted by atomic mass is 32.1. The molecule has 2 aromatic heterocycles. The van der Waals surface area contributed by atoms with Gasteiger partial charge in [0.15, 0.2) is 5.82 Å². The Hall–Kier alpha value is -1.69. The minimum atomic E-state index is 0.0647. The molecule has 0 saturated carbocycles. The van der Waals surface area contributed by atoms with Gasteiger partial charge in [0.2, 0.25) is 11.8 Å². The van der Waals surface area contributed by atoms with Gasteiger partial charge < -0.3 is 9.42 Å². The summed E-state index contributed by atoms with van der Waals surface area (Å²) < 4.78 is 4.96. The fourth-order valence-electron chi connectivity index (χ4n) is 2.17. The van der Waals surface area contributed by atoms with Crippen LogP contribution >= 0.6 is 11.3 Å². The Balaban J connectivity index is 1.70. The van der Waals surface area contributed by atoms with Crippen LogP contribution in [0.25, 0.3) is 0 Å². The molecule has 1 fully saturated rings. The fourth-order valence-corrected chi connectivity index (χ4v) is 2.89. The Morgan fingerprint density at radius 2 is 2.50 bits per heavy atom. The first-order valence-corrected chi connectivity index (χ1v) is 6.70. The summed E-state index contributed by atoms with van der Waals surface area (Å²) >= 11 is 1.67. The highest BCUT2D eigenvalue weighted by Crippen LogP contribution is 2.28. The van der Waals surface area contributed by atoms with Crippen molar-refractivity contribution in [2.45, 2.75) is 25.8 Å². The maximum atomic E-state index is 11.9. The number of carbonyl (C=O) groups is 1. The summed E-state index contributed by atoms with van der Waals surface area (Å²) in [6.07, 6.45) is 0.477. The van der Waals surface area contributed by atoms with E-state index in [1.165, 1.54) is 4.88 Å². The molecule has 5 nitrogen and oxygen atoms in total. The number of amides is 1. The van der Waals surface area contributed by atoms with E-state index in [1.54, 1.807) is 18.3 Å². The van der Waals surface area contributed by atoms with Crippen LogP contribution in [0.15, 0.2) is 22.0 Å². The van der Waals surface area contributed by atoms with Crippen molar-refractivity contribution in [2.75, 3.05) is 6.54 Å². The summed E-state index contributed by atoms with van der Waals surface area (Å²) in [5.41, 5.74) is 0. The zero-order valence-corrected chi connectivity index (χ0v) is 10.8. The SMILES string of the molecule is Cc1nc(C2CC(=O)N(Cc3cccs3)C2)no1. The molecular weight excluding hydrogens is 250 g/mol. The third kappa shape index (κ3) is 2.15. The molecule has 1 saturated heterocycles. The standard InChI is InChI=1S/C12H13N3O2S/c1-8-13-12(14-17-8)9-5-11(16)15(6-9)7-10-3-2-4-18-10/h2-4,9H,5-7H2,1H3. The predicted molar refractivity (Wildman–Crippen MR) is 66.1 cm³/mol. The topological polar surface area (TPSA) is 59.2 Å². The second-order valence-corrected chi connectivity index (χ2v) is 5.46. The lowest BCUT2D eigenvalue weighted by Crippen LogP contribution is -2.23. The van der Waals surface area contributed by atoms with Crippen molar-refractivity contribution in [3.63, 3.8) is 0 Å². The average Bonchev–Trinajstić information content (AvgIpc) is 3.03.